The van der Waals surface area contributed by atoms with E-state index in [1.54, 1.807) is 0 Å². The van der Waals surface area contributed by atoms with Gasteiger partial charge in [0.1, 0.15) is 0 Å². The Hall–Kier alpha value is 3.22. The molecule has 0 amide bonds. The molecule has 0 spiro atoms. The van der Waals surface area contributed by atoms with Crippen molar-refractivity contribution in [1.29, 1.82) is 0 Å². The Morgan fingerprint density at radius 1 is 0.500 bits per heavy atom. The molecule has 0 rings (SSSR count). The van der Waals surface area contributed by atoms with E-state index < -0.39 is 0 Å². The first-order valence-electron chi connectivity index (χ1n) is 0. The Kier molecular flexibility index (Phi) is 414. The van der Waals surface area contributed by atoms with Crippen molar-refractivity contribution >= 4 is 40.5 Å². The third kappa shape index (κ3) is 26.9. The van der Waals surface area contributed by atoms with Crippen molar-refractivity contribution in [3.63, 3.8) is 0 Å². The van der Waals surface area contributed by atoms with Crippen LogP contribution >= 0.6 is 40.5 Å². The van der Waals surface area contributed by atoms with E-state index in [1.165, 1.54) is 0 Å². The summed E-state index contributed by atoms with van der Waals surface area (Å²) >= 11 is 0. The van der Waals surface area contributed by atoms with E-state index in [0.29, 0.717) is 0 Å². The second-order valence-electron chi connectivity index (χ2n) is 0. The monoisotopic (exact) mass is 691 g/mol. The maximum atomic E-state index is 0. The minimum atomic E-state index is 0. The molecule has 0 N–H and O–H groups in total. The third-order valence-electron chi connectivity index (χ3n) is 0. The van der Waals surface area contributed by atoms with E-state index in [9.17, 15) is 0 Å². The van der Waals surface area contributed by atoms with Gasteiger partial charge in [-0.2, -0.15) is 40.5 Å². The van der Waals surface area contributed by atoms with Gasteiger partial charge in [0.2, 0.25) is 0 Å². The first kappa shape index (κ1) is 60.1. The van der Waals surface area contributed by atoms with Crippen LogP contribution in [0.1, 0.15) is 0 Å². The second-order valence-corrected chi connectivity index (χ2v) is 0. The van der Waals surface area contributed by atoms with Crippen LogP contribution < -0.4 is 0 Å². The average Bonchev–Trinajstić information content (AvgIpc) is 0. The fraction of sp³-hybridized carbons (Fsp3) is 0. The van der Waals surface area contributed by atoms with E-state index in [4.69, 9.17) is 0 Å². The molecule has 0 fully saturated rings. The van der Waals surface area contributed by atoms with Crippen LogP contribution in [0.2, 0.25) is 0 Å². The Balaban J connectivity index is 0. The summed E-state index contributed by atoms with van der Waals surface area (Å²) in [6.07, 6.45) is 0. The van der Waals surface area contributed by atoms with Crippen LogP contribution in [0.3, 0.4) is 0 Å². The molecule has 0 nitrogen and oxygen atoms in total. The Bertz CT molecular complexity index is 8.75. The van der Waals surface area contributed by atoms with Crippen LogP contribution in [-0.4, -0.2) is 0 Å². The van der Waals surface area contributed by atoms with Crippen molar-refractivity contribution in [3.8, 4) is 0 Å². The fourth-order valence-corrected chi connectivity index (χ4v) is 0. The van der Waals surface area contributed by atoms with Gasteiger partial charge in [-0.15, -0.1) is 0 Å². The molecule has 0 heterocycles. The standard InChI is InChI=1S/2Au.Pt.3H2S/h;;;3*1H2. The van der Waals surface area contributed by atoms with Crippen molar-refractivity contribution in [2.75, 3.05) is 0 Å². The van der Waals surface area contributed by atoms with Crippen LogP contribution in [0.4, 0.5) is 0 Å². The molecule has 0 atom stereocenters. The second kappa shape index (κ2) is 41.3. The summed E-state index contributed by atoms with van der Waals surface area (Å²) in [5.41, 5.74) is 0. The molecule has 0 aromatic rings. The number of hydrogen-bond acceptors (Lipinski definition) is 0. The zero-order valence-corrected chi connectivity index (χ0v) is 12.0. The molecule has 0 aromatic carbocycles. The minimum absolute atomic E-state index is 0. The maximum Gasteiger partial charge on any atom is 0 e. The normalized spacial score (nSPS) is 0. The van der Waals surface area contributed by atoms with Crippen LogP contribution in [-0.2, 0) is 65.8 Å². The minimum Gasteiger partial charge on any atom is -0.197 e. The summed E-state index contributed by atoms with van der Waals surface area (Å²) in [5.74, 6) is 0. The summed E-state index contributed by atoms with van der Waals surface area (Å²) in [5, 5.41) is 0. The Morgan fingerprint density at radius 3 is 0.500 bits per heavy atom. The first-order valence-corrected chi connectivity index (χ1v) is 0. The Morgan fingerprint density at radius 2 is 0.500 bits per heavy atom. The van der Waals surface area contributed by atoms with Gasteiger partial charge in [-0.25, -0.2) is 0 Å². The van der Waals surface area contributed by atoms with Crippen LogP contribution in [0.5, 0.6) is 0 Å². The molecule has 0 saturated carbocycles. The van der Waals surface area contributed by atoms with Crippen molar-refractivity contribution in [2.24, 2.45) is 0 Å². The van der Waals surface area contributed by atoms with E-state index in [0.717, 1.165) is 0 Å². The molecule has 2 radical (unpaired) electrons. The van der Waals surface area contributed by atoms with Crippen LogP contribution in [0.15, 0.2) is 0 Å². The largest absolute Gasteiger partial charge is 0.197 e. The third-order valence-corrected chi connectivity index (χ3v) is 0. The van der Waals surface area contributed by atoms with Crippen molar-refractivity contribution in [2.45, 2.75) is 0 Å². The number of rotatable bonds is 0. The SMILES string of the molecule is S.S.S.[Au].[Au].[Pt]. The number of hydrogen-bond donors (Lipinski definition) is 0. The summed E-state index contributed by atoms with van der Waals surface area (Å²) < 4.78 is 0. The molecule has 6 heavy (non-hydrogen) atoms. The molecule has 0 unspecified atom stereocenters. The molecule has 0 saturated heterocycles. The van der Waals surface area contributed by atoms with Gasteiger partial charge in [0, 0.05) is 65.8 Å². The van der Waals surface area contributed by atoms with Gasteiger partial charge in [-0.1, -0.05) is 0 Å². The summed E-state index contributed by atoms with van der Waals surface area (Å²) in [6, 6.07) is 0. The summed E-state index contributed by atoms with van der Waals surface area (Å²) in [7, 11) is 0. The van der Waals surface area contributed by atoms with Gasteiger partial charge < -0.3 is 0 Å². The molecular weight excluding hydrogens is 685 g/mol. The molecule has 0 aliphatic rings. The molecular formula is H6Au2PtS3. The maximum absolute atomic E-state index is 0. The predicted octanol–water partition coefficient (Wildman–Crippen LogP) is 0.331. The van der Waals surface area contributed by atoms with Gasteiger partial charge >= 0.3 is 0 Å². The van der Waals surface area contributed by atoms with Gasteiger partial charge in [-0.05, 0) is 0 Å². The van der Waals surface area contributed by atoms with E-state index in [1.807, 2.05) is 0 Å². The molecule has 0 aromatic heterocycles. The van der Waals surface area contributed by atoms with Crippen molar-refractivity contribution in [3.05, 3.63) is 0 Å². The van der Waals surface area contributed by atoms with E-state index in [2.05, 4.69) is 0 Å². The molecule has 0 bridgehead atoms. The average molecular weight is 691 g/mol. The molecule has 56 valence electrons. The van der Waals surface area contributed by atoms with Gasteiger partial charge in [0.25, 0.3) is 0 Å². The predicted molar refractivity (Wildman–Crippen MR) is 31.1 cm³/mol. The van der Waals surface area contributed by atoms with Gasteiger partial charge in [0.15, 0.2) is 0 Å². The quantitative estimate of drug-likeness (QED) is 0.322. The summed E-state index contributed by atoms with van der Waals surface area (Å²) in [4.78, 5) is 0. The van der Waals surface area contributed by atoms with Crippen LogP contribution in [0.25, 0.3) is 0 Å². The smallest absolute Gasteiger partial charge is 0 e. The van der Waals surface area contributed by atoms with Crippen LogP contribution in [0, 0.1) is 0 Å². The van der Waals surface area contributed by atoms with Gasteiger partial charge in [-0.3, -0.25) is 0 Å². The van der Waals surface area contributed by atoms with Gasteiger partial charge in [0.05, 0.1) is 0 Å². The first-order chi connectivity index (χ1) is 0. The van der Waals surface area contributed by atoms with E-state index in [-0.39, 0.29) is 106 Å². The topological polar surface area (TPSA) is 0 Å². The zero-order valence-electron chi connectivity index (χ0n) is 2.42. The van der Waals surface area contributed by atoms with E-state index >= 15 is 0 Å². The molecule has 0 aliphatic heterocycles. The van der Waals surface area contributed by atoms with Crippen molar-refractivity contribution < 1.29 is 65.8 Å². The van der Waals surface area contributed by atoms with Crippen molar-refractivity contribution in [1.82, 2.24) is 0 Å². The Labute approximate surface area is 105 Å². The molecule has 6 heteroatoms. The molecule has 0 aliphatic carbocycles. The summed E-state index contributed by atoms with van der Waals surface area (Å²) in [6.45, 7) is 0. The fourth-order valence-electron chi connectivity index (χ4n) is 0. The zero-order chi connectivity index (χ0) is 0.